The molecule has 3 heterocycles. The molecule has 0 fully saturated rings. The molecular formula is C24H23N7S. The molecule has 0 saturated carbocycles. The van der Waals surface area contributed by atoms with E-state index >= 15 is 0 Å². The first kappa shape index (κ1) is 20.3. The Bertz CT molecular complexity index is 1280. The standard InChI is InChI=1S/C24H23N7S/c1-29(2)16-7-5-15(6-8-16)20-11-18-12-21(19-10-9-17(30(3)4)13-22(19)32)28-24-26-14-25-23(27-20)31(18)24/h5-14,32H,1-4H3. The summed E-state index contributed by atoms with van der Waals surface area (Å²) in [5.41, 5.74) is 6.77. The second kappa shape index (κ2) is 7.80. The maximum absolute atomic E-state index is 4.77. The van der Waals surface area contributed by atoms with Crippen LogP contribution in [0, 0.1) is 0 Å². The van der Waals surface area contributed by atoms with Gasteiger partial charge < -0.3 is 9.80 Å². The van der Waals surface area contributed by atoms with Crippen molar-refractivity contribution in [3.8, 4) is 0 Å². The molecule has 0 radical (unpaired) electrons. The van der Waals surface area contributed by atoms with E-state index in [9.17, 15) is 0 Å². The van der Waals surface area contributed by atoms with E-state index in [-0.39, 0.29) is 0 Å². The van der Waals surface area contributed by atoms with Crippen LogP contribution in [-0.2, 0) is 0 Å². The van der Waals surface area contributed by atoms with Crippen molar-refractivity contribution in [2.45, 2.75) is 4.90 Å². The van der Waals surface area contributed by atoms with Gasteiger partial charge in [0.05, 0.1) is 17.1 Å². The summed E-state index contributed by atoms with van der Waals surface area (Å²) < 4.78 is 0. The fourth-order valence-electron chi connectivity index (χ4n) is 3.69. The molecule has 0 aliphatic carbocycles. The molecule has 3 aliphatic rings. The summed E-state index contributed by atoms with van der Waals surface area (Å²) in [6, 6.07) is 14.5. The number of thiol groups is 1. The Morgan fingerprint density at radius 1 is 0.812 bits per heavy atom. The molecule has 160 valence electrons. The number of anilines is 2. The van der Waals surface area contributed by atoms with Gasteiger partial charge in [-0.15, -0.1) is 12.6 Å². The van der Waals surface area contributed by atoms with Crippen molar-refractivity contribution in [1.82, 2.24) is 4.90 Å². The molecule has 2 aromatic rings. The molecule has 7 nitrogen and oxygen atoms in total. The van der Waals surface area contributed by atoms with Gasteiger partial charge in [0.1, 0.15) is 6.34 Å². The Balaban J connectivity index is 1.57. The summed E-state index contributed by atoms with van der Waals surface area (Å²) in [5.74, 6) is 1.11. The van der Waals surface area contributed by atoms with E-state index < -0.39 is 0 Å². The number of rotatable bonds is 4. The third-order valence-electron chi connectivity index (χ3n) is 5.47. The molecule has 2 aromatic carbocycles. The van der Waals surface area contributed by atoms with Crippen molar-refractivity contribution in [3.63, 3.8) is 0 Å². The molecule has 0 saturated heterocycles. The summed E-state index contributed by atoms with van der Waals surface area (Å²) >= 11 is 4.72. The van der Waals surface area contributed by atoms with Crippen molar-refractivity contribution < 1.29 is 0 Å². The lowest BCUT2D eigenvalue weighted by atomic mass is 10.0. The van der Waals surface area contributed by atoms with Gasteiger partial charge in [-0.2, -0.15) is 0 Å². The van der Waals surface area contributed by atoms with Crippen molar-refractivity contribution >= 4 is 53.7 Å². The smallest absolute Gasteiger partial charge is 0.239 e. The van der Waals surface area contributed by atoms with Crippen LogP contribution in [0.3, 0.4) is 0 Å². The molecule has 0 bridgehead atoms. The minimum atomic E-state index is 0.550. The van der Waals surface area contributed by atoms with Crippen molar-refractivity contribution in [1.29, 1.82) is 0 Å². The van der Waals surface area contributed by atoms with Crippen molar-refractivity contribution in [2.24, 2.45) is 20.0 Å². The molecule has 0 amide bonds. The van der Waals surface area contributed by atoms with Crippen LogP contribution in [0.1, 0.15) is 11.1 Å². The van der Waals surface area contributed by atoms with E-state index in [4.69, 9.17) is 22.6 Å². The maximum atomic E-state index is 4.77. The summed E-state index contributed by atoms with van der Waals surface area (Å²) in [5, 5.41) is 0. The third-order valence-corrected chi connectivity index (χ3v) is 5.84. The first-order valence-electron chi connectivity index (χ1n) is 10.2. The number of allylic oxidation sites excluding steroid dienone is 2. The highest BCUT2D eigenvalue weighted by Gasteiger charge is 2.31. The number of aliphatic imine (C=N–C) groups is 4. The average Bonchev–Trinajstić information content (AvgIpc) is 2.79. The second-order valence-electron chi connectivity index (χ2n) is 8.05. The van der Waals surface area contributed by atoms with E-state index in [1.165, 1.54) is 6.34 Å². The average molecular weight is 442 g/mol. The molecule has 0 unspecified atom stereocenters. The number of hydrogen-bond donors (Lipinski definition) is 1. The van der Waals surface area contributed by atoms with Gasteiger partial charge in [0.2, 0.25) is 11.9 Å². The Morgan fingerprint density at radius 2 is 1.53 bits per heavy atom. The highest BCUT2D eigenvalue weighted by atomic mass is 32.1. The Hall–Kier alpha value is -3.65. The minimum Gasteiger partial charge on any atom is -0.378 e. The molecule has 0 spiro atoms. The van der Waals surface area contributed by atoms with E-state index in [2.05, 4.69) is 50.1 Å². The van der Waals surface area contributed by atoms with Gasteiger partial charge in [-0.05, 0) is 42.5 Å². The molecule has 0 N–H and O–H groups in total. The zero-order valence-electron chi connectivity index (χ0n) is 18.4. The van der Waals surface area contributed by atoms with Crippen LogP contribution in [0.2, 0.25) is 0 Å². The molecule has 3 aliphatic heterocycles. The topological polar surface area (TPSA) is 59.2 Å². The lowest BCUT2D eigenvalue weighted by Gasteiger charge is -2.31. The first-order valence-corrected chi connectivity index (χ1v) is 10.6. The van der Waals surface area contributed by atoms with Gasteiger partial charge in [0.25, 0.3) is 0 Å². The van der Waals surface area contributed by atoms with Crippen molar-refractivity contribution in [3.05, 3.63) is 71.4 Å². The molecule has 8 heteroatoms. The van der Waals surface area contributed by atoms with Crippen molar-refractivity contribution in [2.75, 3.05) is 38.0 Å². The number of nitrogens with zero attached hydrogens (tertiary/aromatic N) is 7. The fourth-order valence-corrected chi connectivity index (χ4v) is 4.01. The normalized spacial score (nSPS) is 16.4. The van der Waals surface area contributed by atoms with E-state index in [1.54, 1.807) is 0 Å². The van der Waals surface area contributed by atoms with Gasteiger partial charge >= 0.3 is 0 Å². The van der Waals surface area contributed by atoms with E-state index in [1.807, 2.05) is 57.4 Å². The van der Waals surface area contributed by atoms with Crippen LogP contribution in [0.4, 0.5) is 11.4 Å². The largest absolute Gasteiger partial charge is 0.378 e. The minimum absolute atomic E-state index is 0.550. The van der Waals surface area contributed by atoms with Gasteiger partial charge in [0.15, 0.2) is 0 Å². The zero-order valence-corrected chi connectivity index (χ0v) is 19.2. The van der Waals surface area contributed by atoms with Gasteiger partial charge in [0, 0.05) is 55.6 Å². The lowest BCUT2D eigenvalue weighted by Crippen LogP contribution is -2.40. The molecule has 0 atom stereocenters. The van der Waals surface area contributed by atoms with Crippen LogP contribution in [0.15, 0.2) is 85.2 Å². The SMILES string of the molecule is CN(C)c1ccc(C2=CC3=CC(c4ccc(N(C)C)cc4S)=NC4=NC=NC(=N2)N34)cc1. The highest BCUT2D eigenvalue weighted by molar-refractivity contribution is 7.80. The van der Waals surface area contributed by atoms with Crippen LogP contribution >= 0.6 is 12.6 Å². The predicted octanol–water partition coefficient (Wildman–Crippen LogP) is 3.90. The van der Waals surface area contributed by atoms with Gasteiger partial charge in [-0.25, -0.2) is 24.9 Å². The summed E-state index contributed by atoms with van der Waals surface area (Å²) in [7, 11) is 8.07. The maximum Gasteiger partial charge on any atom is 0.239 e. The molecule has 5 rings (SSSR count). The number of hydrogen-bond acceptors (Lipinski definition) is 8. The number of benzene rings is 2. The first-order chi connectivity index (χ1) is 15.4. The fraction of sp³-hybridized carbons (Fsp3) is 0.167. The van der Waals surface area contributed by atoms with Crippen LogP contribution in [-0.4, -0.2) is 57.1 Å². The lowest BCUT2D eigenvalue weighted by molar-refractivity contribution is 0.738. The molecule has 32 heavy (non-hydrogen) atoms. The second-order valence-corrected chi connectivity index (χ2v) is 8.54. The Kier molecular flexibility index (Phi) is 4.94. The van der Waals surface area contributed by atoms with E-state index in [0.717, 1.165) is 44.5 Å². The van der Waals surface area contributed by atoms with Crippen LogP contribution < -0.4 is 9.80 Å². The predicted molar refractivity (Wildman–Crippen MR) is 137 cm³/mol. The van der Waals surface area contributed by atoms with Crippen LogP contribution in [0.25, 0.3) is 5.70 Å². The van der Waals surface area contributed by atoms with Gasteiger partial charge in [-0.3, -0.25) is 0 Å². The Morgan fingerprint density at radius 3 is 2.22 bits per heavy atom. The Labute approximate surface area is 192 Å². The quantitative estimate of drug-likeness (QED) is 0.732. The zero-order chi connectivity index (χ0) is 22.4. The number of guanidine groups is 2. The van der Waals surface area contributed by atoms with Crippen LogP contribution in [0.5, 0.6) is 0 Å². The highest BCUT2D eigenvalue weighted by Crippen LogP contribution is 2.32. The molecule has 0 aromatic heterocycles. The summed E-state index contributed by atoms with van der Waals surface area (Å²) in [6.07, 6.45) is 5.59. The monoisotopic (exact) mass is 441 g/mol. The third kappa shape index (κ3) is 3.52. The summed E-state index contributed by atoms with van der Waals surface area (Å²) in [6.45, 7) is 0. The summed E-state index contributed by atoms with van der Waals surface area (Å²) in [4.78, 5) is 25.2. The van der Waals surface area contributed by atoms with Gasteiger partial charge in [-0.1, -0.05) is 12.1 Å². The molecular weight excluding hydrogens is 418 g/mol. The van der Waals surface area contributed by atoms with E-state index in [0.29, 0.717) is 11.9 Å².